The zero-order valence-electron chi connectivity index (χ0n) is 24.0. The lowest BCUT2D eigenvalue weighted by molar-refractivity contribution is -0.140. The Morgan fingerprint density at radius 1 is 1.07 bits per heavy atom. The number of pyridine rings is 1. The number of aromatic nitrogens is 3. The lowest BCUT2D eigenvalue weighted by Gasteiger charge is -2.47. The number of aromatic hydroxyl groups is 1. The van der Waals surface area contributed by atoms with Gasteiger partial charge in [-0.3, -0.25) is 14.7 Å². The van der Waals surface area contributed by atoms with Gasteiger partial charge in [0.1, 0.15) is 35.2 Å². The minimum atomic E-state index is -0.766. The smallest absolute Gasteiger partial charge is 0.319 e. The molecule has 228 valence electrons. The summed E-state index contributed by atoms with van der Waals surface area (Å²) in [4.78, 5) is 30.9. The van der Waals surface area contributed by atoms with Crippen molar-refractivity contribution in [2.45, 2.75) is 44.1 Å². The van der Waals surface area contributed by atoms with Crippen LogP contribution in [0.3, 0.4) is 0 Å². The molecule has 1 unspecified atom stereocenters. The summed E-state index contributed by atoms with van der Waals surface area (Å²) in [6.07, 6.45) is 7.32. The molecule has 1 amide bonds. The maximum atomic E-state index is 16.7. The average Bonchev–Trinajstić information content (AvgIpc) is 3.61. The number of nitrogens with zero attached hydrogens (tertiary/aromatic N) is 5. The molecule has 1 atom stereocenters. The highest BCUT2D eigenvalue weighted by Crippen LogP contribution is 2.43. The Morgan fingerprint density at radius 2 is 1.86 bits per heavy atom. The number of piperidine rings is 1. The van der Waals surface area contributed by atoms with Crippen LogP contribution in [-0.4, -0.2) is 75.7 Å². The summed E-state index contributed by atoms with van der Waals surface area (Å²) in [5, 5.41) is 14.2. The van der Waals surface area contributed by atoms with Gasteiger partial charge in [-0.1, -0.05) is 17.7 Å². The van der Waals surface area contributed by atoms with Gasteiger partial charge in [-0.15, -0.1) is 0 Å². The van der Waals surface area contributed by atoms with Gasteiger partial charge in [-0.05, 0) is 75.2 Å². The Labute approximate surface area is 257 Å². The molecule has 2 N–H and O–H groups in total. The summed E-state index contributed by atoms with van der Waals surface area (Å²) in [5.41, 5.74) is -0.575. The molecular weight excluding hydrogens is 590 g/mol. The number of ether oxygens (including phenoxy) is 1. The van der Waals surface area contributed by atoms with E-state index in [-0.39, 0.29) is 50.4 Å². The van der Waals surface area contributed by atoms with Gasteiger partial charge in [0, 0.05) is 36.8 Å². The summed E-state index contributed by atoms with van der Waals surface area (Å²) in [5.74, 6) is -1.10. The van der Waals surface area contributed by atoms with Crippen LogP contribution >= 0.6 is 11.6 Å². The molecule has 1 spiro atoms. The lowest BCUT2D eigenvalue weighted by Crippen LogP contribution is -2.65. The zero-order valence-corrected chi connectivity index (χ0v) is 24.8. The molecule has 12 heteroatoms. The van der Waals surface area contributed by atoms with Gasteiger partial charge in [0.25, 0.3) is 0 Å². The van der Waals surface area contributed by atoms with E-state index in [1.54, 1.807) is 0 Å². The quantitative estimate of drug-likeness (QED) is 0.293. The predicted molar refractivity (Wildman–Crippen MR) is 162 cm³/mol. The highest BCUT2D eigenvalue weighted by molar-refractivity contribution is 6.37. The first kappa shape index (κ1) is 27.7. The number of hydrogen-bond donors (Lipinski definition) is 2. The Balaban J connectivity index is 1.27. The average molecular weight is 621 g/mol. The molecule has 4 aliphatic rings. The monoisotopic (exact) mass is 620 g/mol. The van der Waals surface area contributed by atoms with Crippen LogP contribution < -0.4 is 15.0 Å². The van der Waals surface area contributed by atoms with E-state index < -0.39 is 17.0 Å². The molecule has 2 aromatic heterocycles. The number of fused-ring (bicyclic) bond motifs is 3. The summed E-state index contributed by atoms with van der Waals surface area (Å²) >= 11 is 6.37. The normalized spacial score (nSPS) is 22.9. The van der Waals surface area contributed by atoms with Crippen molar-refractivity contribution >= 4 is 45.0 Å². The zero-order chi connectivity index (χ0) is 30.2. The van der Waals surface area contributed by atoms with Crippen molar-refractivity contribution in [1.82, 2.24) is 25.2 Å². The van der Waals surface area contributed by atoms with E-state index in [4.69, 9.17) is 21.3 Å². The molecule has 2 aromatic carbocycles. The summed E-state index contributed by atoms with van der Waals surface area (Å²) < 4.78 is 37.6. The maximum absolute atomic E-state index is 16.7. The van der Waals surface area contributed by atoms with E-state index in [0.717, 1.165) is 51.6 Å². The van der Waals surface area contributed by atoms with Gasteiger partial charge in [-0.2, -0.15) is 9.97 Å². The highest BCUT2D eigenvalue weighted by Gasteiger charge is 2.49. The fraction of sp³-hybridized carbons (Fsp3) is 0.438. The summed E-state index contributed by atoms with van der Waals surface area (Å²) in [6.45, 7) is 4.14. The van der Waals surface area contributed by atoms with Crippen molar-refractivity contribution in [2.24, 2.45) is 5.41 Å². The predicted octanol–water partition coefficient (Wildman–Crippen LogP) is 5.21. The van der Waals surface area contributed by atoms with E-state index in [2.05, 4.69) is 20.2 Å². The number of benzene rings is 2. The molecule has 0 aliphatic carbocycles. The van der Waals surface area contributed by atoms with E-state index in [1.807, 2.05) is 4.90 Å². The molecule has 4 aliphatic heterocycles. The van der Waals surface area contributed by atoms with Gasteiger partial charge < -0.3 is 20.1 Å². The van der Waals surface area contributed by atoms with Crippen molar-refractivity contribution in [3.8, 4) is 23.0 Å². The van der Waals surface area contributed by atoms with Crippen LogP contribution in [0.15, 0.2) is 30.5 Å². The number of rotatable bonds is 5. The second kappa shape index (κ2) is 10.1. The Kier molecular flexibility index (Phi) is 6.36. The minimum Gasteiger partial charge on any atom is -0.508 e. The number of carbonyl (C=O) groups is 1. The molecule has 44 heavy (non-hydrogen) atoms. The number of amides is 1. The lowest BCUT2D eigenvalue weighted by atomic mass is 9.74. The third-order valence-electron chi connectivity index (χ3n) is 10.1. The molecule has 4 fully saturated rings. The van der Waals surface area contributed by atoms with Gasteiger partial charge in [0.05, 0.1) is 21.4 Å². The molecule has 0 bridgehead atoms. The van der Waals surface area contributed by atoms with E-state index >= 15 is 4.39 Å². The van der Waals surface area contributed by atoms with Crippen LogP contribution in [0.25, 0.3) is 32.9 Å². The van der Waals surface area contributed by atoms with Crippen LogP contribution in [0.5, 0.6) is 11.8 Å². The molecular formula is C32H31ClF2N6O3. The number of phenolic OH excluding ortho intramolecular Hbond substituents is 1. The van der Waals surface area contributed by atoms with Crippen LogP contribution in [0.1, 0.15) is 38.5 Å². The highest BCUT2D eigenvalue weighted by atomic mass is 35.5. The second-order valence-electron chi connectivity index (χ2n) is 12.7. The number of hydrogen-bond acceptors (Lipinski definition) is 8. The Morgan fingerprint density at radius 3 is 2.61 bits per heavy atom. The topological polar surface area (TPSA) is 104 Å². The first-order valence-electron chi connectivity index (χ1n) is 15.2. The van der Waals surface area contributed by atoms with Crippen molar-refractivity contribution in [2.75, 3.05) is 44.2 Å². The van der Waals surface area contributed by atoms with Gasteiger partial charge in [-0.25, -0.2) is 8.78 Å². The van der Waals surface area contributed by atoms with Crippen molar-refractivity contribution in [3.05, 3.63) is 47.1 Å². The van der Waals surface area contributed by atoms with Crippen LogP contribution in [0.4, 0.5) is 14.6 Å². The SMILES string of the molecule is O=C1NCC12CCCN(c1nc(OCC34CCCN3CCC4)nc3c(F)c(-c4cc(O)cc5ccc(F)c(Cl)c45)ncc13)C2. The number of halogens is 3. The van der Waals surface area contributed by atoms with E-state index in [1.165, 1.54) is 30.5 Å². The van der Waals surface area contributed by atoms with Crippen LogP contribution in [0.2, 0.25) is 5.02 Å². The van der Waals surface area contributed by atoms with Crippen molar-refractivity contribution in [1.29, 1.82) is 0 Å². The second-order valence-corrected chi connectivity index (χ2v) is 13.0. The number of nitrogens with one attached hydrogen (secondary N) is 1. The first-order valence-corrected chi connectivity index (χ1v) is 15.5. The molecule has 0 saturated carbocycles. The van der Waals surface area contributed by atoms with Crippen molar-refractivity contribution in [3.63, 3.8) is 0 Å². The van der Waals surface area contributed by atoms with Crippen LogP contribution in [-0.2, 0) is 4.79 Å². The van der Waals surface area contributed by atoms with Crippen LogP contribution in [0, 0.1) is 17.0 Å². The molecule has 8 rings (SSSR count). The maximum Gasteiger partial charge on any atom is 0.319 e. The van der Waals surface area contributed by atoms with Gasteiger partial charge >= 0.3 is 6.01 Å². The number of phenols is 1. The summed E-state index contributed by atoms with van der Waals surface area (Å²) in [7, 11) is 0. The fourth-order valence-corrected chi connectivity index (χ4v) is 8.07. The number of anilines is 1. The third-order valence-corrected chi connectivity index (χ3v) is 10.5. The number of carbonyl (C=O) groups excluding carboxylic acids is 1. The fourth-order valence-electron chi connectivity index (χ4n) is 7.80. The van der Waals surface area contributed by atoms with Crippen molar-refractivity contribution < 1.29 is 23.4 Å². The third kappa shape index (κ3) is 4.19. The summed E-state index contributed by atoms with van der Waals surface area (Å²) in [6, 6.07) is 5.49. The van der Waals surface area contributed by atoms with E-state index in [0.29, 0.717) is 42.8 Å². The van der Waals surface area contributed by atoms with Gasteiger partial charge in [0.2, 0.25) is 5.91 Å². The molecule has 4 aromatic rings. The molecule has 4 saturated heterocycles. The Bertz CT molecular complexity index is 1850. The molecule has 9 nitrogen and oxygen atoms in total. The molecule has 0 radical (unpaired) electrons. The van der Waals surface area contributed by atoms with Gasteiger partial charge in [0.15, 0.2) is 5.82 Å². The standard InChI is InChI=1S/C32H31ClF2N6O3/c33-24-22(34)5-4-18-12-19(42)13-20(23(18)24)26-25(35)27-21(14-36-26)28(40-9-1-6-31(16-40)15-37-29(31)43)39-30(38-27)44-17-32-7-2-10-41(32)11-3-8-32/h4-5,12-14,42H,1-3,6-11,15-17H2,(H,37,43). The largest absolute Gasteiger partial charge is 0.508 e. The number of β-lactam (4-membered cyclic amide) rings is 1. The Hall–Kier alpha value is -3.83. The minimum absolute atomic E-state index is 0.0103. The molecule has 6 heterocycles. The van der Waals surface area contributed by atoms with E-state index in [9.17, 15) is 14.3 Å². The first-order chi connectivity index (χ1) is 21.3.